The number of piperidine rings is 2. The van der Waals surface area contributed by atoms with Crippen LogP contribution in [0.5, 0.6) is 0 Å². The number of carboxylic acids is 2. The van der Waals surface area contributed by atoms with Crippen LogP contribution in [-0.4, -0.2) is 76.2 Å². The Kier molecular flexibility index (Phi) is 7.23. The molecule has 0 aliphatic carbocycles. The summed E-state index contributed by atoms with van der Waals surface area (Å²) in [5.74, 6) is -2.63. The summed E-state index contributed by atoms with van der Waals surface area (Å²) in [6.07, 6.45) is 4.62. The molecule has 11 nitrogen and oxygen atoms in total. The normalized spacial score (nSPS) is 27.8. The lowest BCUT2D eigenvalue weighted by Gasteiger charge is -2.64. The van der Waals surface area contributed by atoms with Crippen molar-refractivity contribution < 1.29 is 24.9 Å². The van der Waals surface area contributed by atoms with Crippen LogP contribution >= 0.6 is 0 Å². The van der Waals surface area contributed by atoms with Crippen LogP contribution in [0.2, 0.25) is 0 Å². The van der Waals surface area contributed by atoms with Gasteiger partial charge in [0, 0.05) is 51.0 Å². The largest absolute Gasteiger partial charge is 0.481 e. The van der Waals surface area contributed by atoms with Crippen molar-refractivity contribution in [3.8, 4) is 0 Å². The minimum Gasteiger partial charge on any atom is -0.481 e. The Bertz CT molecular complexity index is 1470. The lowest BCUT2D eigenvalue weighted by molar-refractivity contribution is -0.253. The van der Waals surface area contributed by atoms with Crippen LogP contribution in [0.1, 0.15) is 34.9 Å². The average Bonchev–Trinajstić information content (AvgIpc) is 3.00. The van der Waals surface area contributed by atoms with Crippen molar-refractivity contribution in [2.45, 2.75) is 31.3 Å². The van der Waals surface area contributed by atoms with E-state index in [0.29, 0.717) is 22.8 Å². The summed E-state index contributed by atoms with van der Waals surface area (Å²) in [7, 11) is 0. The third-order valence-electron chi connectivity index (χ3n) is 8.50. The van der Waals surface area contributed by atoms with Crippen molar-refractivity contribution in [1.29, 1.82) is 0 Å². The van der Waals surface area contributed by atoms with E-state index in [4.69, 9.17) is 0 Å². The molecule has 2 saturated heterocycles. The molecule has 4 aromatic heterocycles. The quantitative estimate of drug-likeness (QED) is 0.288. The molecule has 2 bridgehead atoms. The first-order valence-corrected chi connectivity index (χ1v) is 13.6. The number of fused-ring (bicyclic) bond motifs is 2. The van der Waals surface area contributed by atoms with Crippen molar-refractivity contribution >= 4 is 11.9 Å². The maximum atomic E-state index is 13.6. The smallest absolute Gasteiger partial charge is 0.315 e. The van der Waals surface area contributed by atoms with E-state index < -0.39 is 41.0 Å². The van der Waals surface area contributed by atoms with E-state index in [2.05, 4.69) is 19.9 Å². The van der Waals surface area contributed by atoms with Gasteiger partial charge in [0.2, 0.25) is 0 Å². The second kappa shape index (κ2) is 11.0. The maximum absolute atomic E-state index is 13.6. The number of rotatable bonds is 8. The fraction of sp³-hybridized carbons (Fsp3) is 0.290. The molecule has 0 amide bonds. The zero-order valence-electron chi connectivity index (χ0n) is 22.6. The highest BCUT2D eigenvalue weighted by Gasteiger charge is 2.75. The summed E-state index contributed by atoms with van der Waals surface area (Å²) >= 11 is 0. The summed E-state index contributed by atoms with van der Waals surface area (Å²) in [4.78, 5) is 48.8. The van der Waals surface area contributed by atoms with E-state index in [0.717, 1.165) is 0 Å². The van der Waals surface area contributed by atoms with E-state index in [1.165, 1.54) is 0 Å². The Morgan fingerprint density at radius 1 is 0.667 bits per heavy atom. The van der Waals surface area contributed by atoms with Crippen LogP contribution in [-0.2, 0) is 22.7 Å². The number of aliphatic carboxylic acids is 2. The van der Waals surface area contributed by atoms with Crippen LogP contribution in [0, 0.1) is 10.8 Å². The predicted molar refractivity (Wildman–Crippen MR) is 149 cm³/mol. The monoisotopic (exact) mass is 566 g/mol. The van der Waals surface area contributed by atoms with Gasteiger partial charge < -0.3 is 15.3 Å². The molecule has 2 aliphatic heterocycles. The van der Waals surface area contributed by atoms with Gasteiger partial charge in [-0.05, 0) is 48.5 Å². The molecule has 2 fully saturated rings. The number of hydrogen-bond acceptors (Lipinski definition) is 9. The third kappa shape index (κ3) is 4.42. The van der Waals surface area contributed by atoms with E-state index in [1.807, 2.05) is 23.1 Å². The zero-order valence-corrected chi connectivity index (χ0v) is 22.6. The molecule has 0 aromatic carbocycles. The second-order valence-corrected chi connectivity index (χ2v) is 10.9. The third-order valence-corrected chi connectivity index (χ3v) is 8.50. The van der Waals surface area contributed by atoms with Crippen LogP contribution in [0.4, 0.5) is 0 Å². The Hall–Kier alpha value is -4.58. The van der Waals surface area contributed by atoms with Crippen molar-refractivity contribution in [3.63, 3.8) is 0 Å². The van der Waals surface area contributed by atoms with Crippen LogP contribution in [0.15, 0.2) is 97.6 Å². The summed E-state index contributed by atoms with van der Waals surface area (Å²) in [6.45, 7) is 0.0239. The van der Waals surface area contributed by atoms with Crippen molar-refractivity contribution in [1.82, 2.24) is 29.7 Å². The molecular weight excluding hydrogens is 536 g/mol. The Balaban J connectivity index is 1.64. The highest BCUT2D eigenvalue weighted by atomic mass is 16.4. The van der Waals surface area contributed by atoms with Gasteiger partial charge in [0.1, 0.15) is 10.8 Å². The minimum absolute atomic E-state index is 0.0976. The molecule has 3 N–H and O–H groups in total. The van der Waals surface area contributed by atoms with Gasteiger partial charge in [-0.15, -0.1) is 0 Å². The first-order valence-electron chi connectivity index (χ1n) is 13.6. The molecule has 0 saturated carbocycles. The molecule has 11 heteroatoms. The lowest BCUT2D eigenvalue weighted by atomic mass is 9.53. The topological polar surface area (TPSA) is 153 Å². The van der Waals surface area contributed by atoms with Gasteiger partial charge in [-0.3, -0.25) is 39.3 Å². The Labute approximate surface area is 242 Å². The van der Waals surface area contributed by atoms with Gasteiger partial charge in [-0.1, -0.05) is 24.3 Å². The molecule has 214 valence electrons. The van der Waals surface area contributed by atoms with E-state index in [1.54, 1.807) is 84.3 Å². The summed E-state index contributed by atoms with van der Waals surface area (Å²) in [5.41, 5.74) is -1.91. The van der Waals surface area contributed by atoms with E-state index in [-0.39, 0.29) is 26.2 Å². The number of likely N-dealkylation sites (tertiary alicyclic amines) is 2. The molecule has 2 aliphatic rings. The number of aliphatic hydroxyl groups excluding tert-OH is 1. The van der Waals surface area contributed by atoms with Gasteiger partial charge in [0.25, 0.3) is 0 Å². The van der Waals surface area contributed by atoms with Gasteiger partial charge in [0.05, 0.1) is 41.0 Å². The average molecular weight is 567 g/mol. The second-order valence-electron chi connectivity index (χ2n) is 10.9. The molecule has 0 spiro atoms. The Morgan fingerprint density at radius 3 is 1.48 bits per heavy atom. The van der Waals surface area contributed by atoms with Crippen molar-refractivity contribution in [2.75, 3.05) is 13.1 Å². The summed E-state index contributed by atoms with van der Waals surface area (Å²) in [5, 5.41) is 34.4. The number of pyridine rings is 4. The van der Waals surface area contributed by atoms with Crippen LogP contribution < -0.4 is 0 Å². The maximum Gasteiger partial charge on any atom is 0.315 e. The van der Waals surface area contributed by atoms with Crippen LogP contribution in [0.25, 0.3) is 0 Å². The number of nitrogens with zero attached hydrogens (tertiary/aromatic N) is 6. The molecule has 0 radical (unpaired) electrons. The predicted octanol–water partition coefficient (Wildman–Crippen LogP) is 2.58. The summed E-state index contributed by atoms with van der Waals surface area (Å²) < 4.78 is 0. The molecule has 6 rings (SSSR count). The molecule has 42 heavy (non-hydrogen) atoms. The van der Waals surface area contributed by atoms with Gasteiger partial charge in [-0.2, -0.15) is 0 Å². The SMILES string of the molecule is O=C(O)C12CN(Cc3ccccn3)CC(C(=O)O)(C(c3ccccn3)N(Cc3ccccn3)C1c1ccccn1)C2O. The molecule has 6 heterocycles. The first-order chi connectivity index (χ1) is 20.4. The van der Waals surface area contributed by atoms with Gasteiger partial charge in [-0.25, -0.2) is 0 Å². The van der Waals surface area contributed by atoms with E-state index in [9.17, 15) is 24.9 Å². The number of aromatic nitrogens is 4. The first kappa shape index (κ1) is 27.6. The molecule has 4 unspecified atom stereocenters. The van der Waals surface area contributed by atoms with E-state index >= 15 is 0 Å². The summed E-state index contributed by atoms with van der Waals surface area (Å²) in [6, 6.07) is 19.1. The van der Waals surface area contributed by atoms with Crippen molar-refractivity contribution in [3.05, 3.63) is 120 Å². The molecule has 4 atom stereocenters. The van der Waals surface area contributed by atoms with Crippen LogP contribution in [0.3, 0.4) is 0 Å². The number of hydrogen-bond donors (Lipinski definition) is 3. The number of carboxylic acid groups (broad SMARTS) is 2. The fourth-order valence-corrected chi connectivity index (χ4v) is 6.88. The van der Waals surface area contributed by atoms with Gasteiger partial charge >= 0.3 is 11.9 Å². The Morgan fingerprint density at radius 2 is 1.10 bits per heavy atom. The highest BCUT2D eigenvalue weighted by Crippen LogP contribution is 2.62. The molecular formula is C31H30N6O5. The number of aliphatic hydroxyl groups is 1. The number of carbonyl (C=O) groups is 2. The minimum atomic E-state index is -1.99. The highest BCUT2D eigenvalue weighted by molar-refractivity contribution is 5.84. The van der Waals surface area contributed by atoms with Gasteiger partial charge in [0.15, 0.2) is 0 Å². The van der Waals surface area contributed by atoms with Crippen molar-refractivity contribution in [2.24, 2.45) is 10.8 Å². The fourth-order valence-electron chi connectivity index (χ4n) is 6.88. The molecule has 4 aromatic rings. The zero-order chi connectivity index (χ0) is 29.3. The standard InChI is InChI=1S/C31H30N6O5/c38-27-30(28(39)40)19-36(17-21-9-1-5-13-32-21)20-31(27,29(41)42)26(24-12-4-8-16-35-24)37(18-22-10-2-6-14-33-22)25(30)23-11-3-7-15-34-23/h1-16,25-27,38H,17-20H2,(H,39,40)(H,41,42). The lowest BCUT2D eigenvalue weighted by Crippen LogP contribution is -2.77.